The van der Waals surface area contributed by atoms with Crippen molar-refractivity contribution in [1.82, 2.24) is 20.1 Å². The van der Waals surface area contributed by atoms with Crippen molar-refractivity contribution in [3.05, 3.63) is 71.0 Å². The number of thioether (sulfide) groups is 1. The number of carbonyl (C=O) groups is 1. The number of nitrogens with one attached hydrogen (secondary N) is 1. The molecule has 1 unspecified atom stereocenters. The lowest BCUT2D eigenvalue weighted by Gasteiger charge is -2.15. The van der Waals surface area contributed by atoms with Crippen LogP contribution >= 0.6 is 23.4 Å². The summed E-state index contributed by atoms with van der Waals surface area (Å²) in [6.45, 7) is 7.41. The minimum Gasteiger partial charge on any atom is -0.486 e. The lowest BCUT2D eigenvalue weighted by molar-refractivity contribution is -0.119. The first-order valence-corrected chi connectivity index (χ1v) is 12.1. The van der Waals surface area contributed by atoms with Crippen LogP contribution in [-0.4, -0.2) is 26.4 Å². The van der Waals surface area contributed by atoms with Crippen LogP contribution in [0.25, 0.3) is 0 Å². The molecule has 32 heavy (non-hydrogen) atoms. The molecule has 8 heteroatoms. The first-order chi connectivity index (χ1) is 15.4. The molecule has 0 radical (unpaired) electrons. The van der Waals surface area contributed by atoms with Crippen molar-refractivity contribution >= 4 is 29.3 Å². The summed E-state index contributed by atoms with van der Waals surface area (Å²) in [4.78, 5) is 12.5. The summed E-state index contributed by atoms with van der Waals surface area (Å²) in [5, 5.41) is 13.0. The third-order valence-electron chi connectivity index (χ3n) is 4.89. The van der Waals surface area contributed by atoms with E-state index in [2.05, 4.69) is 33.9 Å². The zero-order valence-corrected chi connectivity index (χ0v) is 20.2. The number of nitrogens with zero attached hydrogens (tertiary/aromatic N) is 3. The second-order valence-corrected chi connectivity index (χ2v) is 9.35. The van der Waals surface area contributed by atoms with Gasteiger partial charge in [0.2, 0.25) is 5.91 Å². The van der Waals surface area contributed by atoms with E-state index in [1.165, 1.54) is 11.8 Å². The van der Waals surface area contributed by atoms with Crippen LogP contribution in [0.3, 0.4) is 0 Å². The highest BCUT2D eigenvalue weighted by Gasteiger charge is 2.16. The summed E-state index contributed by atoms with van der Waals surface area (Å²) in [7, 11) is 0. The van der Waals surface area contributed by atoms with Crippen molar-refractivity contribution < 1.29 is 9.53 Å². The average Bonchev–Trinajstić information content (AvgIpc) is 3.17. The molecule has 1 atom stereocenters. The van der Waals surface area contributed by atoms with Crippen molar-refractivity contribution in [1.29, 1.82) is 0 Å². The first-order valence-electron chi connectivity index (χ1n) is 10.7. The summed E-state index contributed by atoms with van der Waals surface area (Å²) in [5.74, 6) is 2.27. The molecule has 3 rings (SSSR count). The molecule has 0 saturated carbocycles. The predicted molar refractivity (Wildman–Crippen MR) is 129 cm³/mol. The van der Waals surface area contributed by atoms with Crippen molar-refractivity contribution in [2.45, 2.75) is 51.5 Å². The van der Waals surface area contributed by atoms with Gasteiger partial charge < -0.3 is 14.6 Å². The van der Waals surface area contributed by atoms with Gasteiger partial charge in [0.25, 0.3) is 0 Å². The van der Waals surface area contributed by atoms with Gasteiger partial charge in [-0.2, -0.15) is 0 Å². The molecule has 2 aromatic carbocycles. The normalized spacial score (nSPS) is 12.0. The molecule has 3 aromatic rings. The summed E-state index contributed by atoms with van der Waals surface area (Å²) >= 11 is 7.44. The highest BCUT2D eigenvalue weighted by Crippen LogP contribution is 2.21. The number of benzene rings is 2. The molecule has 6 nitrogen and oxygen atoms in total. The Morgan fingerprint density at radius 2 is 1.91 bits per heavy atom. The van der Waals surface area contributed by atoms with E-state index in [0.717, 1.165) is 35.3 Å². The highest BCUT2D eigenvalue weighted by atomic mass is 35.5. The van der Waals surface area contributed by atoms with E-state index in [1.807, 2.05) is 61.5 Å². The Hall–Kier alpha value is -2.51. The topological polar surface area (TPSA) is 69.0 Å². The fourth-order valence-corrected chi connectivity index (χ4v) is 4.07. The van der Waals surface area contributed by atoms with Crippen LogP contribution < -0.4 is 10.1 Å². The molecule has 0 aliphatic heterocycles. The van der Waals surface area contributed by atoms with Gasteiger partial charge in [-0.1, -0.05) is 67.5 Å². The molecule has 1 heterocycles. The van der Waals surface area contributed by atoms with Gasteiger partial charge in [0, 0.05) is 11.6 Å². The van der Waals surface area contributed by atoms with Crippen LogP contribution in [0.1, 0.15) is 44.6 Å². The molecule has 0 fully saturated rings. The van der Waals surface area contributed by atoms with Gasteiger partial charge in [-0.3, -0.25) is 4.79 Å². The smallest absolute Gasteiger partial charge is 0.230 e. The summed E-state index contributed by atoms with van der Waals surface area (Å²) in [5.41, 5.74) is 0.969. The van der Waals surface area contributed by atoms with Gasteiger partial charge in [0.15, 0.2) is 11.0 Å². The molecule has 0 aliphatic carbocycles. The third kappa shape index (κ3) is 7.28. The Morgan fingerprint density at radius 3 is 2.62 bits per heavy atom. The van der Waals surface area contributed by atoms with E-state index in [-0.39, 0.29) is 17.7 Å². The van der Waals surface area contributed by atoms with E-state index >= 15 is 0 Å². The maximum Gasteiger partial charge on any atom is 0.230 e. The molecule has 170 valence electrons. The largest absolute Gasteiger partial charge is 0.486 e. The number of amides is 1. The number of aromatic nitrogens is 3. The molecule has 0 saturated heterocycles. The Bertz CT molecular complexity index is 1010. The van der Waals surface area contributed by atoms with Crippen LogP contribution in [0.4, 0.5) is 0 Å². The minimum atomic E-state index is -0.129. The molecule has 1 N–H and O–H groups in total. The van der Waals surface area contributed by atoms with Gasteiger partial charge in [-0.25, -0.2) is 0 Å². The quantitative estimate of drug-likeness (QED) is 0.372. The van der Waals surface area contributed by atoms with Crippen LogP contribution in [0.5, 0.6) is 5.75 Å². The fourth-order valence-electron chi connectivity index (χ4n) is 3.08. The number of carbonyl (C=O) groups excluding carboxylic acids is 1. The number of para-hydroxylation sites is 1. The lowest BCUT2D eigenvalue weighted by atomic mass is 10.1. The second-order valence-electron chi connectivity index (χ2n) is 7.97. The Labute approximate surface area is 198 Å². The van der Waals surface area contributed by atoms with Crippen LogP contribution in [0.15, 0.2) is 59.8 Å². The van der Waals surface area contributed by atoms with Gasteiger partial charge in [-0.05, 0) is 49.1 Å². The maximum absolute atomic E-state index is 12.5. The number of ether oxygens (including phenoxy) is 1. The number of hydrogen-bond donors (Lipinski definition) is 1. The first kappa shape index (κ1) is 24.1. The number of halogens is 1. The van der Waals surface area contributed by atoms with E-state index in [0.29, 0.717) is 17.5 Å². The summed E-state index contributed by atoms with van der Waals surface area (Å²) in [6, 6.07) is 17.0. The minimum absolute atomic E-state index is 0.0667. The van der Waals surface area contributed by atoms with Crippen LogP contribution in [0, 0.1) is 5.92 Å². The SMILES string of the molecule is CC(C)CCn1c(COc2ccccc2)nnc1SCC(=O)NC(C)c1cccc(Cl)c1. The van der Waals surface area contributed by atoms with Gasteiger partial charge in [0.1, 0.15) is 12.4 Å². The highest BCUT2D eigenvalue weighted by molar-refractivity contribution is 7.99. The molecule has 0 spiro atoms. The van der Waals surface area contributed by atoms with E-state index in [4.69, 9.17) is 16.3 Å². The predicted octanol–water partition coefficient (Wildman–Crippen LogP) is 5.53. The maximum atomic E-state index is 12.5. The van der Waals surface area contributed by atoms with Gasteiger partial charge in [-0.15, -0.1) is 10.2 Å². The number of rotatable bonds is 11. The zero-order chi connectivity index (χ0) is 22.9. The van der Waals surface area contributed by atoms with Crippen molar-refractivity contribution in [2.75, 3.05) is 5.75 Å². The molecule has 0 aliphatic rings. The van der Waals surface area contributed by atoms with Crippen LogP contribution in [-0.2, 0) is 17.9 Å². The van der Waals surface area contributed by atoms with Crippen LogP contribution in [0.2, 0.25) is 5.02 Å². The van der Waals surface area contributed by atoms with E-state index in [9.17, 15) is 4.79 Å². The molecular formula is C24H29ClN4O2S. The second kappa shape index (κ2) is 11.9. The zero-order valence-electron chi connectivity index (χ0n) is 18.6. The molecule has 0 bridgehead atoms. The number of hydrogen-bond acceptors (Lipinski definition) is 5. The average molecular weight is 473 g/mol. The summed E-state index contributed by atoms with van der Waals surface area (Å²) < 4.78 is 7.92. The van der Waals surface area contributed by atoms with Crippen molar-refractivity contribution in [3.8, 4) is 5.75 Å². The standard InChI is InChI=1S/C24H29ClN4O2S/c1-17(2)12-13-29-22(15-31-21-10-5-4-6-11-21)27-28-24(29)32-16-23(30)26-18(3)19-8-7-9-20(25)14-19/h4-11,14,17-18H,12-13,15-16H2,1-3H3,(H,26,30). The third-order valence-corrected chi connectivity index (χ3v) is 6.10. The molecular weight excluding hydrogens is 444 g/mol. The Balaban J connectivity index is 1.61. The Morgan fingerprint density at radius 1 is 1.12 bits per heavy atom. The van der Waals surface area contributed by atoms with E-state index in [1.54, 1.807) is 0 Å². The molecule has 1 amide bonds. The van der Waals surface area contributed by atoms with Crippen molar-refractivity contribution in [3.63, 3.8) is 0 Å². The fraction of sp³-hybridized carbons (Fsp3) is 0.375. The lowest BCUT2D eigenvalue weighted by Crippen LogP contribution is -2.28. The van der Waals surface area contributed by atoms with E-state index < -0.39 is 0 Å². The monoisotopic (exact) mass is 472 g/mol. The van der Waals surface area contributed by atoms with Crippen molar-refractivity contribution in [2.24, 2.45) is 5.92 Å². The van der Waals surface area contributed by atoms with Gasteiger partial charge >= 0.3 is 0 Å². The molecule has 1 aromatic heterocycles. The van der Waals surface area contributed by atoms with Gasteiger partial charge in [0.05, 0.1) is 11.8 Å². The summed E-state index contributed by atoms with van der Waals surface area (Å²) in [6.07, 6.45) is 0.988. The Kier molecular flexibility index (Phi) is 9.00.